The summed E-state index contributed by atoms with van der Waals surface area (Å²) >= 11 is 0. The molecule has 10 saturated carbocycles. The second kappa shape index (κ2) is 20.3. The highest BCUT2D eigenvalue weighted by molar-refractivity contribution is 5.83. The van der Waals surface area contributed by atoms with E-state index in [0.29, 0.717) is 55.5 Å². The molecule has 1 N–H and O–H groups in total. The van der Waals surface area contributed by atoms with Crippen LogP contribution < -0.4 is 0 Å². The predicted molar refractivity (Wildman–Crippen MR) is 273 cm³/mol. The Bertz CT molecular complexity index is 2090. The van der Waals surface area contributed by atoms with Crippen LogP contribution in [-0.2, 0) is 57.2 Å². The van der Waals surface area contributed by atoms with Gasteiger partial charge in [-0.2, -0.15) is 0 Å². The van der Waals surface area contributed by atoms with E-state index in [0.717, 1.165) is 100 Å². The molecule has 412 valence electrons. The Morgan fingerprint density at radius 2 is 1.14 bits per heavy atom. The van der Waals surface area contributed by atoms with E-state index in [-0.39, 0.29) is 64.6 Å². The number of hydrogen-bond donors (Lipinski definition) is 1. The van der Waals surface area contributed by atoms with Gasteiger partial charge in [0.15, 0.2) is 0 Å². The average Bonchev–Trinajstić information content (AvgIpc) is 4.22. The van der Waals surface area contributed by atoms with Gasteiger partial charge in [0.25, 0.3) is 0 Å². The van der Waals surface area contributed by atoms with Gasteiger partial charge in [0.05, 0.1) is 39.8 Å². The van der Waals surface area contributed by atoms with Crippen molar-refractivity contribution >= 4 is 35.8 Å². The molecule has 13 nitrogen and oxygen atoms in total. The van der Waals surface area contributed by atoms with Crippen LogP contribution in [0.25, 0.3) is 0 Å². The number of esters is 6. The Morgan fingerprint density at radius 1 is 0.589 bits per heavy atom. The molecule has 2 aliphatic heterocycles. The molecule has 73 heavy (non-hydrogen) atoms. The van der Waals surface area contributed by atoms with Crippen LogP contribution in [0.5, 0.6) is 0 Å². The Hall–Kier alpha value is -3.22. The number of carbonyl (C=O) groups is 6. The lowest BCUT2D eigenvalue weighted by molar-refractivity contribution is -0.225. The Morgan fingerprint density at radius 3 is 1.67 bits per heavy atom. The van der Waals surface area contributed by atoms with Gasteiger partial charge in [0, 0.05) is 30.6 Å². The molecular formula is C60H94O13. The molecule has 2 heterocycles. The van der Waals surface area contributed by atoms with E-state index in [2.05, 4.69) is 13.8 Å². The molecule has 2 saturated heterocycles. The molecule has 15 unspecified atom stereocenters. The van der Waals surface area contributed by atoms with Gasteiger partial charge in [-0.3, -0.25) is 24.0 Å². The lowest BCUT2D eigenvalue weighted by atomic mass is 9.52. The number of hydrogen-bond acceptors (Lipinski definition) is 13. The first-order valence-electron chi connectivity index (χ1n) is 29.1. The number of fused-ring (bicyclic) bond motifs is 10. The highest BCUT2D eigenvalue weighted by atomic mass is 16.6. The zero-order chi connectivity index (χ0) is 53.4. The van der Waals surface area contributed by atoms with Crippen LogP contribution in [0.4, 0.5) is 0 Å². The fourth-order valence-corrected chi connectivity index (χ4v) is 16.0. The van der Waals surface area contributed by atoms with Crippen LogP contribution >= 0.6 is 0 Å². The molecule has 12 aliphatic rings. The molecule has 12 rings (SSSR count). The fraction of sp³-hybridized carbons (Fsp3) is 0.900. The van der Waals surface area contributed by atoms with Crippen LogP contribution in [-0.4, -0.2) is 82.6 Å². The second-order valence-corrected chi connectivity index (χ2v) is 27.9. The van der Waals surface area contributed by atoms with E-state index < -0.39 is 33.9 Å². The summed E-state index contributed by atoms with van der Waals surface area (Å²) in [6.45, 7) is 26.0. The summed E-state index contributed by atoms with van der Waals surface area (Å²) in [5, 5.41) is 10.6. The Kier molecular flexibility index (Phi) is 15.6. The first-order valence-corrected chi connectivity index (χ1v) is 29.1. The van der Waals surface area contributed by atoms with Crippen LogP contribution in [0.3, 0.4) is 0 Å². The number of rotatable bonds is 13. The largest absolute Gasteiger partial charge is 0.463 e. The van der Waals surface area contributed by atoms with Crippen LogP contribution in [0.2, 0.25) is 0 Å². The molecule has 13 heteroatoms. The zero-order valence-electron chi connectivity index (χ0n) is 47.1. The summed E-state index contributed by atoms with van der Waals surface area (Å²) in [7, 11) is 0. The molecule has 0 amide bonds. The van der Waals surface area contributed by atoms with E-state index in [4.69, 9.17) is 28.4 Å². The van der Waals surface area contributed by atoms with Crippen LogP contribution in [0, 0.1) is 86.8 Å². The van der Waals surface area contributed by atoms with E-state index in [1.807, 2.05) is 62.3 Å². The molecule has 0 spiro atoms. The predicted octanol–water partition coefficient (Wildman–Crippen LogP) is 11.1. The lowest BCUT2D eigenvalue weighted by Crippen LogP contribution is -2.61. The number of carbonyl (C=O) groups excluding carboxylic acids is 6. The van der Waals surface area contributed by atoms with Crippen molar-refractivity contribution in [2.24, 2.45) is 86.8 Å². The van der Waals surface area contributed by atoms with Crippen molar-refractivity contribution in [1.29, 1.82) is 0 Å². The van der Waals surface area contributed by atoms with Crippen molar-refractivity contribution in [2.45, 2.75) is 247 Å². The minimum absolute atomic E-state index is 0.0455. The first kappa shape index (κ1) is 56.0. The fourth-order valence-electron chi connectivity index (χ4n) is 16.0. The Labute approximate surface area is 437 Å². The molecule has 10 aliphatic carbocycles. The molecule has 10 bridgehead atoms. The maximum absolute atomic E-state index is 12.7. The molecule has 0 aromatic carbocycles. The van der Waals surface area contributed by atoms with Crippen molar-refractivity contribution in [3.63, 3.8) is 0 Å². The van der Waals surface area contributed by atoms with E-state index in [9.17, 15) is 33.9 Å². The molecule has 15 atom stereocenters. The van der Waals surface area contributed by atoms with Gasteiger partial charge in [-0.25, -0.2) is 4.79 Å². The normalized spacial score (nSPS) is 40.6. The second-order valence-electron chi connectivity index (χ2n) is 27.9. The maximum atomic E-state index is 12.7. The summed E-state index contributed by atoms with van der Waals surface area (Å²) in [4.78, 5) is 71.4. The van der Waals surface area contributed by atoms with Gasteiger partial charge in [0.1, 0.15) is 23.4 Å². The molecule has 12 fully saturated rings. The van der Waals surface area contributed by atoms with Crippen molar-refractivity contribution < 1.29 is 62.3 Å². The first-order chi connectivity index (χ1) is 34.1. The van der Waals surface area contributed by atoms with Crippen LogP contribution in [0.15, 0.2) is 0 Å². The summed E-state index contributed by atoms with van der Waals surface area (Å²) in [6.07, 6.45) is 17.9. The van der Waals surface area contributed by atoms with Crippen molar-refractivity contribution in [2.75, 3.05) is 6.61 Å². The van der Waals surface area contributed by atoms with Gasteiger partial charge in [-0.1, -0.05) is 34.6 Å². The van der Waals surface area contributed by atoms with Crippen molar-refractivity contribution in [3.8, 4) is 0 Å². The quantitative estimate of drug-likeness (QED) is 0.105. The third kappa shape index (κ3) is 10.6. The van der Waals surface area contributed by atoms with Gasteiger partial charge in [-0.15, -0.1) is 0 Å². The van der Waals surface area contributed by atoms with Crippen molar-refractivity contribution in [3.05, 3.63) is 0 Å². The summed E-state index contributed by atoms with van der Waals surface area (Å²) in [5.74, 6) is 6.14. The van der Waals surface area contributed by atoms with Gasteiger partial charge >= 0.3 is 35.8 Å². The topological polar surface area (TPSA) is 178 Å². The molecular weight excluding hydrogens is 929 g/mol. The van der Waals surface area contributed by atoms with Crippen molar-refractivity contribution in [1.82, 2.24) is 0 Å². The number of cyclic esters (lactones) is 1. The zero-order valence-corrected chi connectivity index (χ0v) is 47.1. The SMILES string of the molecule is CCC(C)(C)C(=O)OC1(CC)CC2CC1C1C3CCC(C3)C21.CCC(C)(C)C(=O)OC12CC3CC(CC(O)(C3)C1)C2.CCC(C)(C)C(=O)OC1C2CC3C(=O)OC1C3C2.CCC(C)(C)C(=O)OC1CCOC1=O. The van der Waals surface area contributed by atoms with Gasteiger partial charge in [-0.05, 0) is 206 Å². The van der Waals surface area contributed by atoms with Gasteiger partial charge in [0.2, 0.25) is 6.10 Å². The third-order valence-electron chi connectivity index (χ3n) is 21.6. The maximum Gasteiger partial charge on any atom is 0.347 e. The highest BCUT2D eigenvalue weighted by Crippen LogP contribution is 2.71. The van der Waals surface area contributed by atoms with E-state index in [1.54, 1.807) is 13.8 Å². The smallest absolute Gasteiger partial charge is 0.347 e. The molecule has 0 aromatic heterocycles. The number of ether oxygens (including phenoxy) is 6. The van der Waals surface area contributed by atoms with E-state index >= 15 is 0 Å². The highest BCUT2D eigenvalue weighted by Gasteiger charge is 2.68. The minimum Gasteiger partial charge on any atom is -0.463 e. The number of aliphatic hydroxyl groups is 1. The Balaban J connectivity index is 0.000000132. The van der Waals surface area contributed by atoms with E-state index in [1.165, 1.54) is 32.1 Å². The monoisotopic (exact) mass is 1020 g/mol. The minimum atomic E-state index is -0.687. The average molecular weight is 1020 g/mol. The van der Waals surface area contributed by atoms with Crippen LogP contribution in [0.1, 0.15) is 212 Å². The lowest BCUT2D eigenvalue weighted by Gasteiger charge is -2.59. The standard InChI is InChI=1S/C20H32O2.C16H26O3.C14H20O4.C10H16O4/c1-5-19(3,4)18(21)22-20(6-2)11-14-10-15(20)17-13-8-7-12(9-13)16(14)17;1-4-14(2,3)13(17)19-16-8-11-5-12(9-16)7-15(18,6-11)10-16;1-4-14(2,3)13(16)18-10-7-5-8-9(6-7)12(15)17-11(8)10;1-4-10(2,3)9(12)14-7-5-6-13-8(7)11/h12-17H,5-11H2,1-4H3;11-12,18H,4-10H2,1-3H3;7-11H,4-6H2,1-3H3;7H,4-6H2,1-3H3. The molecule has 0 radical (unpaired) electrons. The summed E-state index contributed by atoms with van der Waals surface area (Å²) in [6, 6.07) is 0. The summed E-state index contributed by atoms with van der Waals surface area (Å²) in [5.41, 5.74) is -2.76. The molecule has 0 aromatic rings. The third-order valence-corrected chi connectivity index (χ3v) is 21.6. The van der Waals surface area contributed by atoms with Gasteiger partial charge < -0.3 is 33.5 Å². The summed E-state index contributed by atoms with van der Waals surface area (Å²) < 4.78 is 33.1.